The second-order valence-corrected chi connectivity index (χ2v) is 4.87. The van der Waals surface area contributed by atoms with Crippen molar-refractivity contribution < 1.29 is 9.50 Å². The van der Waals surface area contributed by atoms with Gasteiger partial charge in [-0.25, -0.2) is 4.39 Å². The number of nitrogens with one attached hydrogen (secondary N) is 1. The predicted molar refractivity (Wildman–Crippen MR) is 64.5 cm³/mol. The fourth-order valence-electron chi connectivity index (χ4n) is 1.53. The van der Waals surface area contributed by atoms with Gasteiger partial charge in [0.15, 0.2) is 0 Å². The summed E-state index contributed by atoms with van der Waals surface area (Å²) in [5.41, 5.74) is -0.135. The lowest BCUT2D eigenvalue weighted by Gasteiger charge is -2.19. The molecule has 0 saturated heterocycles. The van der Waals surface area contributed by atoms with Gasteiger partial charge in [0.25, 0.3) is 0 Å². The first-order chi connectivity index (χ1) is 7.37. The van der Waals surface area contributed by atoms with Gasteiger partial charge in [-0.15, -0.1) is 0 Å². The molecule has 0 fully saturated rings. The van der Waals surface area contributed by atoms with Crippen LogP contribution in [0.1, 0.15) is 26.3 Å². The molecule has 0 aliphatic heterocycles. The first-order valence-corrected chi connectivity index (χ1v) is 5.57. The van der Waals surface area contributed by atoms with E-state index in [1.54, 1.807) is 26.0 Å². The van der Waals surface area contributed by atoms with Gasteiger partial charge in [-0.3, -0.25) is 0 Å². The molecule has 0 amide bonds. The summed E-state index contributed by atoms with van der Waals surface area (Å²) >= 11 is 0. The van der Waals surface area contributed by atoms with Crippen molar-refractivity contribution in [2.75, 3.05) is 6.54 Å². The van der Waals surface area contributed by atoms with E-state index in [1.807, 2.05) is 19.1 Å². The lowest BCUT2D eigenvalue weighted by molar-refractivity contribution is 0.204. The van der Waals surface area contributed by atoms with Gasteiger partial charge in [0, 0.05) is 12.6 Å². The molecule has 1 atom stereocenters. The van der Waals surface area contributed by atoms with Crippen molar-refractivity contribution in [3.63, 3.8) is 0 Å². The zero-order valence-corrected chi connectivity index (χ0v) is 10.1. The normalized spacial score (nSPS) is 13.8. The fraction of sp³-hybridized carbons (Fsp3) is 0.538. The second kappa shape index (κ2) is 5.30. The third-order valence-electron chi connectivity index (χ3n) is 2.32. The van der Waals surface area contributed by atoms with Crippen LogP contribution >= 0.6 is 0 Å². The summed E-state index contributed by atoms with van der Waals surface area (Å²) in [6, 6.07) is 7.34. The van der Waals surface area contributed by atoms with E-state index in [1.165, 1.54) is 0 Å². The van der Waals surface area contributed by atoms with Crippen molar-refractivity contribution in [3.8, 4) is 5.75 Å². The number of halogens is 1. The van der Waals surface area contributed by atoms with Crippen LogP contribution in [0.2, 0.25) is 0 Å². The molecule has 2 N–H and O–H groups in total. The van der Waals surface area contributed by atoms with E-state index >= 15 is 0 Å². The average Bonchev–Trinajstić information content (AvgIpc) is 2.14. The van der Waals surface area contributed by atoms with Crippen LogP contribution in [0, 0.1) is 0 Å². The third-order valence-corrected chi connectivity index (χ3v) is 2.32. The zero-order chi connectivity index (χ0) is 12.2. The monoisotopic (exact) mass is 225 g/mol. The number of hydrogen-bond donors (Lipinski definition) is 2. The third kappa shape index (κ3) is 5.12. The Kier molecular flexibility index (Phi) is 4.30. The molecule has 1 aromatic rings. The maximum Gasteiger partial charge on any atom is 0.117 e. The predicted octanol–water partition coefficient (Wildman–Crippen LogP) is 2.66. The van der Waals surface area contributed by atoms with Gasteiger partial charge >= 0.3 is 0 Å². The van der Waals surface area contributed by atoms with E-state index in [-0.39, 0.29) is 11.8 Å². The first-order valence-electron chi connectivity index (χ1n) is 5.57. The largest absolute Gasteiger partial charge is 0.508 e. The number of aromatic hydroxyl groups is 1. The Bertz CT molecular complexity index is 333. The molecule has 0 aliphatic carbocycles. The van der Waals surface area contributed by atoms with E-state index in [9.17, 15) is 9.50 Å². The highest BCUT2D eigenvalue weighted by atomic mass is 19.1. The van der Waals surface area contributed by atoms with E-state index in [4.69, 9.17) is 0 Å². The highest BCUT2D eigenvalue weighted by Crippen LogP contribution is 2.13. The summed E-state index contributed by atoms with van der Waals surface area (Å²) in [5.74, 6) is 0.274. The molecule has 16 heavy (non-hydrogen) atoms. The lowest BCUT2D eigenvalue weighted by atomic mass is 10.1. The molecule has 2 nitrogen and oxygen atoms in total. The molecule has 0 spiro atoms. The van der Waals surface area contributed by atoms with Crippen molar-refractivity contribution in [1.82, 2.24) is 5.32 Å². The Hall–Kier alpha value is -1.09. The maximum absolute atomic E-state index is 13.2. The van der Waals surface area contributed by atoms with Gasteiger partial charge in [0.2, 0.25) is 0 Å². The molecule has 0 aromatic heterocycles. The average molecular weight is 225 g/mol. The van der Waals surface area contributed by atoms with E-state index < -0.39 is 5.67 Å². The lowest BCUT2D eigenvalue weighted by Crippen LogP contribution is -2.37. The number of phenolic OH excluding ortho intramolecular Hbond substituents is 1. The van der Waals surface area contributed by atoms with E-state index in [0.717, 1.165) is 12.0 Å². The Morgan fingerprint density at radius 2 is 2.12 bits per heavy atom. The van der Waals surface area contributed by atoms with Gasteiger partial charge in [-0.05, 0) is 44.9 Å². The van der Waals surface area contributed by atoms with Crippen LogP contribution in [-0.4, -0.2) is 23.4 Å². The molecule has 1 unspecified atom stereocenters. The number of benzene rings is 1. The molecule has 0 bridgehead atoms. The van der Waals surface area contributed by atoms with Gasteiger partial charge < -0.3 is 10.4 Å². The minimum absolute atomic E-state index is 0.192. The van der Waals surface area contributed by atoms with Gasteiger partial charge in [0.1, 0.15) is 11.4 Å². The molecule has 0 radical (unpaired) electrons. The molecule has 0 saturated carbocycles. The van der Waals surface area contributed by atoms with Crippen molar-refractivity contribution in [2.45, 2.75) is 38.9 Å². The summed E-state index contributed by atoms with van der Waals surface area (Å²) in [7, 11) is 0. The van der Waals surface area contributed by atoms with Crippen molar-refractivity contribution in [3.05, 3.63) is 29.8 Å². The van der Waals surface area contributed by atoms with Crippen LogP contribution in [0.3, 0.4) is 0 Å². The van der Waals surface area contributed by atoms with E-state index in [2.05, 4.69) is 5.32 Å². The highest BCUT2D eigenvalue weighted by molar-refractivity contribution is 5.27. The zero-order valence-electron chi connectivity index (χ0n) is 10.1. The van der Waals surface area contributed by atoms with Gasteiger partial charge in [0.05, 0.1) is 0 Å². The van der Waals surface area contributed by atoms with Crippen LogP contribution in [-0.2, 0) is 6.42 Å². The maximum atomic E-state index is 13.2. The first kappa shape index (κ1) is 13.0. The summed E-state index contributed by atoms with van der Waals surface area (Å²) in [5, 5.41) is 12.4. The molecule has 3 heteroatoms. The quantitative estimate of drug-likeness (QED) is 0.807. The van der Waals surface area contributed by atoms with Crippen LogP contribution < -0.4 is 5.32 Å². The molecular weight excluding hydrogens is 205 g/mol. The molecule has 1 aromatic carbocycles. The van der Waals surface area contributed by atoms with Crippen molar-refractivity contribution in [1.29, 1.82) is 0 Å². The Balaban J connectivity index is 2.43. The summed E-state index contributed by atoms with van der Waals surface area (Å²) in [6.07, 6.45) is 0.782. The topological polar surface area (TPSA) is 32.3 Å². The molecule has 0 heterocycles. The number of alkyl halides is 1. The Morgan fingerprint density at radius 1 is 1.44 bits per heavy atom. The fourth-order valence-corrected chi connectivity index (χ4v) is 1.53. The van der Waals surface area contributed by atoms with Gasteiger partial charge in [-0.2, -0.15) is 0 Å². The number of hydrogen-bond acceptors (Lipinski definition) is 2. The summed E-state index contributed by atoms with van der Waals surface area (Å²) in [6.45, 7) is 5.46. The Labute approximate surface area is 96.5 Å². The molecular formula is C13H20FNO. The number of rotatable bonds is 5. The van der Waals surface area contributed by atoms with Crippen LogP contribution in [0.15, 0.2) is 24.3 Å². The number of phenols is 1. The SMILES string of the molecule is CC(Cc1cccc(O)c1)NCC(C)(C)F. The van der Waals surface area contributed by atoms with Crippen molar-refractivity contribution >= 4 is 0 Å². The van der Waals surface area contributed by atoms with Gasteiger partial charge in [-0.1, -0.05) is 12.1 Å². The molecule has 1 rings (SSSR count). The van der Waals surface area contributed by atoms with E-state index in [0.29, 0.717) is 6.54 Å². The second-order valence-electron chi connectivity index (χ2n) is 4.87. The minimum atomic E-state index is -1.19. The molecule has 90 valence electrons. The van der Waals surface area contributed by atoms with Crippen molar-refractivity contribution in [2.24, 2.45) is 0 Å². The van der Waals surface area contributed by atoms with Crippen LogP contribution in [0.5, 0.6) is 5.75 Å². The summed E-state index contributed by atoms with van der Waals surface area (Å²) in [4.78, 5) is 0. The van der Waals surface area contributed by atoms with Crippen LogP contribution in [0.25, 0.3) is 0 Å². The Morgan fingerprint density at radius 3 is 2.69 bits per heavy atom. The summed E-state index contributed by atoms with van der Waals surface area (Å²) < 4.78 is 13.2. The standard InChI is InChI=1S/C13H20FNO/c1-10(15-9-13(2,3)14)7-11-5-4-6-12(16)8-11/h4-6,8,10,15-16H,7,9H2,1-3H3. The molecule has 0 aliphatic rings. The smallest absolute Gasteiger partial charge is 0.117 e. The van der Waals surface area contributed by atoms with Crippen LogP contribution in [0.4, 0.5) is 4.39 Å². The highest BCUT2D eigenvalue weighted by Gasteiger charge is 2.16. The minimum Gasteiger partial charge on any atom is -0.508 e.